The first-order valence-electron chi connectivity index (χ1n) is 9.79. The van der Waals surface area contributed by atoms with E-state index in [9.17, 15) is 4.79 Å². The van der Waals surface area contributed by atoms with Gasteiger partial charge in [0.05, 0.1) is 5.69 Å². The molecule has 0 unspecified atom stereocenters. The van der Waals surface area contributed by atoms with Gasteiger partial charge in [-0.2, -0.15) is 0 Å². The molecule has 1 N–H and O–H groups in total. The van der Waals surface area contributed by atoms with Gasteiger partial charge in [-0.25, -0.2) is 0 Å². The molecule has 0 bridgehead atoms. The van der Waals surface area contributed by atoms with Crippen molar-refractivity contribution in [2.45, 2.75) is 13.5 Å². The Labute approximate surface area is 176 Å². The van der Waals surface area contributed by atoms with Crippen LogP contribution in [-0.2, 0) is 6.61 Å². The Bertz CT molecular complexity index is 1120. The molecule has 4 nitrogen and oxygen atoms in total. The zero-order chi connectivity index (χ0) is 20.8. The van der Waals surface area contributed by atoms with Gasteiger partial charge in [-0.05, 0) is 66.1 Å². The second kappa shape index (κ2) is 9.05. The second-order valence-corrected chi connectivity index (χ2v) is 6.98. The van der Waals surface area contributed by atoms with Crippen LogP contribution in [0, 0.1) is 6.92 Å². The molecular formula is C26H22N2O2. The molecule has 148 valence electrons. The minimum absolute atomic E-state index is 0.153. The Morgan fingerprint density at radius 3 is 2.37 bits per heavy atom. The summed E-state index contributed by atoms with van der Waals surface area (Å²) in [6, 6.07) is 29.0. The predicted octanol–water partition coefficient (Wildman–Crippen LogP) is 5.89. The number of hydrogen-bond donors (Lipinski definition) is 1. The molecule has 0 saturated heterocycles. The van der Waals surface area contributed by atoms with Crippen molar-refractivity contribution in [2.24, 2.45) is 0 Å². The topological polar surface area (TPSA) is 51.2 Å². The van der Waals surface area contributed by atoms with Crippen molar-refractivity contribution in [2.75, 3.05) is 5.32 Å². The molecule has 0 spiro atoms. The van der Waals surface area contributed by atoms with E-state index >= 15 is 0 Å². The Morgan fingerprint density at radius 2 is 1.63 bits per heavy atom. The number of aromatic nitrogens is 1. The molecule has 4 heteroatoms. The van der Waals surface area contributed by atoms with Crippen molar-refractivity contribution in [3.8, 4) is 16.9 Å². The molecule has 1 amide bonds. The Hall–Kier alpha value is -3.92. The average molecular weight is 394 g/mol. The van der Waals surface area contributed by atoms with Crippen LogP contribution in [0.5, 0.6) is 5.75 Å². The molecule has 4 rings (SSSR count). The standard InChI is InChI=1S/C26H22N2O2/c1-19-10-11-22(20-7-3-2-4-8-20)17-25(19)28-26(29)21-12-14-24(15-13-21)30-18-23-9-5-6-16-27-23/h2-17H,18H2,1H3,(H,28,29). The fourth-order valence-electron chi connectivity index (χ4n) is 3.10. The van der Waals surface area contributed by atoms with Gasteiger partial charge < -0.3 is 10.1 Å². The van der Waals surface area contributed by atoms with Gasteiger partial charge in [0.25, 0.3) is 5.91 Å². The van der Waals surface area contributed by atoms with Crippen LogP contribution < -0.4 is 10.1 Å². The van der Waals surface area contributed by atoms with E-state index in [2.05, 4.69) is 28.5 Å². The number of amides is 1. The van der Waals surface area contributed by atoms with Crippen molar-refractivity contribution in [3.63, 3.8) is 0 Å². The molecular weight excluding hydrogens is 372 g/mol. The molecule has 1 aromatic heterocycles. The van der Waals surface area contributed by atoms with Gasteiger partial charge in [0.15, 0.2) is 0 Å². The molecule has 3 aromatic carbocycles. The number of rotatable bonds is 6. The third-order valence-electron chi connectivity index (χ3n) is 4.82. The van der Waals surface area contributed by atoms with Crippen LogP contribution in [0.1, 0.15) is 21.6 Å². The van der Waals surface area contributed by atoms with Crippen molar-refractivity contribution in [3.05, 3.63) is 114 Å². The SMILES string of the molecule is Cc1ccc(-c2ccccc2)cc1NC(=O)c1ccc(OCc2ccccn2)cc1. The van der Waals surface area contributed by atoms with Gasteiger partial charge >= 0.3 is 0 Å². The van der Waals surface area contributed by atoms with Gasteiger partial charge in [0, 0.05) is 17.4 Å². The summed E-state index contributed by atoms with van der Waals surface area (Å²) in [6.45, 7) is 2.37. The normalized spacial score (nSPS) is 10.4. The number of benzene rings is 3. The van der Waals surface area contributed by atoms with Crippen LogP contribution in [0.15, 0.2) is 97.2 Å². The molecule has 0 aliphatic rings. The van der Waals surface area contributed by atoms with E-state index in [-0.39, 0.29) is 5.91 Å². The van der Waals surface area contributed by atoms with Crippen LogP contribution in [0.3, 0.4) is 0 Å². The van der Waals surface area contributed by atoms with Crippen LogP contribution in [0.25, 0.3) is 11.1 Å². The number of hydrogen-bond acceptors (Lipinski definition) is 3. The van der Waals surface area contributed by atoms with E-state index in [1.165, 1.54) is 0 Å². The lowest BCUT2D eigenvalue weighted by Gasteiger charge is -2.12. The Balaban J connectivity index is 1.44. The zero-order valence-corrected chi connectivity index (χ0v) is 16.7. The number of aryl methyl sites for hydroxylation is 1. The number of anilines is 1. The third-order valence-corrected chi connectivity index (χ3v) is 4.82. The highest BCUT2D eigenvalue weighted by atomic mass is 16.5. The first-order chi connectivity index (χ1) is 14.7. The van der Waals surface area contributed by atoms with Gasteiger partial charge in [0.2, 0.25) is 0 Å². The summed E-state index contributed by atoms with van der Waals surface area (Å²) < 4.78 is 5.73. The summed E-state index contributed by atoms with van der Waals surface area (Å²) in [6.07, 6.45) is 1.74. The smallest absolute Gasteiger partial charge is 0.255 e. The highest BCUT2D eigenvalue weighted by Crippen LogP contribution is 2.26. The maximum absolute atomic E-state index is 12.7. The first kappa shape index (κ1) is 19.4. The summed E-state index contributed by atoms with van der Waals surface area (Å²) in [5, 5.41) is 3.02. The molecule has 0 radical (unpaired) electrons. The molecule has 0 aliphatic carbocycles. The summed E-state index contributed by atoms with van der Waals surface area (Å²) in [5.41, 5.74) is 5.42. The molecule has 0 fully saturated rings. The monoisotopic (exact) mass is 394 g/mol. The van der Waals surface area contributed by atoms with E-state index in [0.29, 0.717) is 17.9 Å². The second-order valence-electron chi connectivity index (χ2n) is 6.98. The lowest BCUT2D eigenvalue weighted by atomic mass is 10.0. The largest absolute Gasteiger partial charge is 0.487 e. The van der Waals surface area contributed by atoms with Crippen molar-refractivity contribution in [1.82, 2.24) is 4.98 Å². The quantitative estimate of drug-likeness (QED) is 0.444. The van der Waals surface area contributed by atoms with Crippen LogP contribution >= 0.6 is 0 Å². The van der Waals surface area contributed by atoms with E-state index in [0.717, 1.165) is 28.1 Å². The van der Waals surface area contributed by atoms with Crippen LogP contribution in [-0.4, -0.2) is 10.9 Å². The number of ether oxygens (including phenoxy) is 1. The van der Waals surface area contributed by atoms with Gasteiger partial charge in [-0.3, -0.25) is 9.78 Å². The number of carbonyl (C=O) groups excluding carboxylic acids is 1. The molecule has 0 atom stereocenters. The lowest BCUT2D eigenvalue weighted by Crippen LogP contribution is -2.12. The average Bonchev–Trinajstić information content (AvgIpc) is 2.81. The van der Waals surface area contributed by atoms with Crippen molar-refractivity contribution < 1.29 is 9.53 Å². The van der Waals surface area contributed by atoms with Crippen LogP contribution in [0.2, 0.25) is 0 Å². The predicted molar refractivity (Wildman–Crippen MR) is 120 cm³/mol. The minimum Gasteiger partial charge on any atom is -0.487 e. The van der Waals surface area contributed by atoms with Gasteiger partial charge in [-0.15, -0.1) is 0 Å². The van der Waals surface area contributed by atoms with Gasteiger partial charge in [0.1, 0.15) is 12.4 Å². The summed E-state index contributed by atoms with van der Waals surface area (Å²) in [5.74, 6) is 0.541. The maximum Gasteiger partial charge on any atom is 0.255 e. The number of nitrogens with zero attached hydrogens (tertiary/aromatic N) is 1. The van der Waals surface area contributed by atoms with E-state index in [4.69, 9.17) is 4.74 Å². The molecule has 30 heavy (non-hydrogen) atoms. The van der Waals surface area contributed by atoms with Crippen LogP contribution in [0.4, 0.5) is 5.69 Å². The first-order valence-corrected chi connectivity index (χ1v) is 9.79. The minimum atomic E-state index is -0.153. The summed E-state index contributed by atoms with van der Waals surface area (Å²) in [7, 11) is 0. The van der Waals surface area contributed by atoms with Crippen molar-refractivity contribution >= 4 is 11.6 Å². The number of carbonyl (C=O) groups is 1. The Morgan fingerprint density at radius 1 is 0.867 bits per heavy atom. The number of nitrogens with one attached hydrogen (secondary N) is 1. The Kier molecular flexibility index (Phi) is 5.85. The maximum atomic E-state index is 12.7. The molecule has 1 heterocycles. The van der Waals surface area contributed by atoms with E-state index in [1.807, 2.05) is 55.5 Å². The highest BCUT2D eigenvalue weighted by Gasteiger charge is 2.10. The number of pyridine rings is 1. The van der Waals surface area contributed by atoms with Crippen molar-refractivity contribution in [1.29, 1.82) is 0 Å². The van der Waals surface area contributed by atoms with Gasteiger partial charge in [-0.1, -0.05) is 48.5 Å². The molecule has 0 aliphatic heterocycles. The van der Waals surface area contributed by atoms with E-state index in [1.54, 1.807) is 30.5 Å². The third kappa shape index (κ3) is 4.73. The summed E-state index contributed by atoms with van der Waals surface area (Å²) >= 11 is 0. The fraction of sp³-hybridized carbons (Fsp3) is 0.0769. The zero-order valence-electron chi connectivity index (χ0n) is 16.7. The molecule has 0 saturated carbocycles. The highest BCUT2D eigenvalue weighted by molar-refractivity contribution is 6.05. The summed E-state index contributed by atoms with van der Waals surface area (Å²) in [4.78, 5) is 17.0. The molecule has 4 aromatic rings. The van der Waals surface area contributed by atoms with E-state index < -0.39 is 0 Å². The fourth-order valence-corrected chi connectivity index (χ4v) is 3.10. The lowest BCUT2D eigenvalue weighted by molar-refractivity contribution is 0.102.